The molecule has 3 unspecified atom stereocenters. The summed E-state index contributed by atoms with van der Waals surface area (Å²) >= 11 is 0. The van der Waals surface area contributed by atoms with Crippen LogP contribution in [0.15, 0.2) is 10.6 Å². The number of aryl methyl sites for hydroxylation is 1. The van der Waals surface area contributed by atoms with E-state index in [1.54, 1.807) is 6.20 Å². The second-order valence-corrected chi connectivity index (χ2v) is 4.58. The molecule has 0 aliphatic carbocycles. The Labute approximate surface area is 106 Å². The fraction of sp³-hybridized carbons (Fsp3) is 0.667. The lowest BCUT2D eigenvalue weighted by Gasteiger charge is -2.18. The summed E-state index contributed by atoms with van der Waals surface area (Å²) in [6.07, 6.45) is 1.65. The van der Waals surface area contributed by atoms with E-state index in [0.717, 1.165) is 5.76 Å². The normalized spacial score (nSPS) is 25.1. The smallest absolute Gasteiger partial charge is 0.227 e. The third kappa shape index (κ3) is 2.70. The molecule has 1 amide bonds. The number of nitrogens with one attached hydrogen (secondary N) is 2. The van der Waals surface area contributed by atoms with Crippen molar-refractivity contribution in [3.8, 4) is 0 Å². The molecule has 1 aliphatic rings. The molecular formula is C12H19N3O3. The molecule has 0 saturated carbocycles. The summed E-state index contributed by atoms with van der Waals surface area (Å²) in [5, 5.41) is 5.99. The van der Waals surface area contributed by atoms with Gasteiger partial charge in [-0.05, 0) is 20.9 Å². The largest absolute Gasteiger partial charge is 0.444 e. The minimum atomic E-state index is -0.232. The first kappa shape index (κ1) is 13.0. The van der Waals surface area contributed by atoms with Gasteiger partial charge in [0, 0.05) is 6.04 Å². The molecule has 0 bridgehead atoms. The van der Waals surface area contributed by atoms with Crippen molar-refractivity contribution in [1.82, 2.24) is 15.6 Å². The number of hydrogen-bond donors (Lipinski definition) is 2. The zero-order chi connectivity index (χ0) is 13.1. The van der Waals surface area contributed by atoms with Gasteiger partial charge in [0.05, 0.1) is 25.3 Å². The van der Waals surface area contributed by atoms with Crippen LogP contribution in [0.25, 0.3) is 0 Å². The van der Waals surface area contributed by atoms with Gasteiger partial charge in [-0.15, -0.1) is 0 Å². The van der Waals surface area contributed by atoms with Crippen molar-refractivity contribution in [3.63, 3.8) is 0 Å². The quantitative estimate of drug-likeness (QED) is 0.812. The van der Waals surface area contributed by atoms with Crippen molar-refractivity contribution in [2.24, 2.45) is 5.92 Å². The molecule has 0 radical (unpaired) electrons. The van der Waals surface area contributed by atoms with Crippen molar-refractivity contribution in [1.29, 1.82) is 0 Å². The highest BCUT2D eigenvalue weighted by Gasteiger charge is 2.33. The molecule has 100 valence electrons. The Bertz CT molecular complexity index is 418. The zero-order valence-electron chi connectivity index (χ0n) is 10.9. The molecule has 6 nitrogen and oxygen atoms in total. The molecule has 1 aromatic heterocycles. The fourth-order valence-corrected chi connectivity index (χ4v) is 2.05. The van der Waals surface area contributed by atoms with Crippen LogP contribution in [-0.2, 0) is 9.53 Å². The second kappa shape index (κ2) is 5.49. The number of oxazole rings is 1. The minimum Gasteiger partial charge on any atom is -0.444 e. The maximum Gasteiger partial charge on any atom is 0.227 e. The zero-order valence-corrected chi connectivity index (χ0v) is 10.9. The number of rotatable bonds is 4. The molecule has 2 N–H and O–H groups in total. The average Bonchev–Trinajstić information content (AvgIpc) is 2.96. The number of hydrogen-bond acceptors (Lipinski definition) is 5. The van der Waals surface area contributed by atoms with Crippen LogP contribution in [0.5, 0.6) is 0 Å². The number of carbonyl (C=O) groups is 1. The highest BCUT2D eigenvalue weighted by atomic mass is 16.5. The van der Waals surface area contributed by atoms with E-state index in [9.17, 15) is 4.79 Å². The molecule has 3 atom stereocenters. The van der Waals surface area contributed by atoms with Crippen molar-refractivity contribution in [2.75, 3.05) is 20.3 Å². The number of aromatic nitrogens is 1. The maximum absolute atomic E-state index is 12.1. The summed E-state index contributed by atoms with van der Waals surface area (Å²) in [5.41, 5.74) is 0. The van der Waals surface area contributed by atoms with Crippen molar-refractivity contribution < 1.29 is 13.9 Å². The Morgan fingerprint density at radius 3 is 2.94 bits per heavy atom. The Morgan fingerprint density at radius 1 is 1.56 bits per heavy atom. The van der Waals surface area contributed by atoms with Gasteiger partial charge in [-0.2, -0.15) is 0 Å². The van der Waals surface area contributed by atoms with Gasteiger partial charge in [0.2, 0.25) is 11.8 Å². The lowest BCUT2D eigenvalue weighted by Crippen LogP contribution is -2.43. The molecular weight excluding hydrogens is 234 g/mol. The van der Waals surface area contributed by atoms with E-state index >= 15 is 0 Å². The summed E-state index contributed by atoms with van der Waals surface area (Å²) in [4.78, 5) is 16.2. The third-order valence-electron chi connectivity index (χ3n) is 3.16. The van der Waals surface area contributed by atoms with Gasteiger partial charge in [0.1, 0.15) is 11.8 Å². The lowest BCUT2D eigenvalue weighted by atomic mass is 10.0. The third-order valence-corrected chi connectivity index (χ3v) is 3.16. The van der Waals surface area contributed by atoms with E-state index in [0.29, 0.717) is 19.1 Å². The first-order chi connectivity index (χ1) is 8.61. The van der Waals surface area contributed by atoms with E-state index in [1.807, 2.05) is 20.9 Å². The molecule has 6 heteroatoms. The van der Waals surface area contributed by atoms with E-state index in [1.165, 1.54) is 0 Å². The molecule has 1 aromatic rings. The molecule has 0 spiro atoms. The predicted molar refractivity (Wildman–Crippen MR) is 65.0 cm³/mol. The highest BCUT2D eigenvalue weighted by molar-refractivity contribution is 5.80. The van der Waals surface area contributed by atoms with Crippen LogP contribution < -0.4 is 10.6 Å². The van der Waals surface area contributed by atoms with E-state index < -0.39 is 0 Å². The summed E-state index contributed by atoms with van der Waals surface area (Å²) in [7, 11) is 1.83. The minimum absolute atomic E-state index is 0.0322. The van der Waals surface area contributed by atoms with Crippen LogP contribution >= 0.6 is 0 Å². The first-order valence-electron chi connectivity index (χ1n) is 6.09. The first-order valence-corrected chi connectivity index (χ1v) is 6.09. The standard InChI is InChI=1S/C12H19N3O3/c1-7-4-14-12(18-7)8(2)15-11(16)9-5-17-6-10(9)13-3/h4,8-10,13H,5-6H2,1-3H3,(H,15,16). The summed E-state index contributed by atoms with van der Waals surface area (Å²) in [6, 6.07) is -0.159. The molecule has 2 rings (SSSR count). The number of ether oxygens (including phenoxy) is 1. The van der Waals surface area contributed by atoms with Gasteiger partial charge in [-0.3, -0.25) is 4.79 Å². The van der Waals surface area contributed by atoms with Crippen molar-refractivity contribution in [3.05, 3.63) is 17.8 Å². The van der Waals surface area contributed by atoms with Crippen molar-refractivity contribution in [2.45, 2.75) is 25.9 Å². The van der Waals surface area contributed by atoms with Crippen LogP contribution in [0, 0.1) is 12.8 Å². The summed E-state index contributed by atoms with van der Waals surface area (Å²) in [5.74, 6) is 1.08. The summed E-state index contributed by atoms with van der Waals surface area (Å²) in [6.45, 7) is 4.70. The number of carbonyl (C=O) groups excluding carboxylic acids is 1. The van der Waals surface area contributed by atoms with E-state index in [-0.39, 0.29) is 23.9 Å². The van der Waals surface area contributed by atoms with Gasteiger partial charge < -0.3 is 19.8 Å². The monoisotopic (exact) mass is 253 g/mol. The van der Waals surface area contributed by atoms with Crippen LogP contribution in [0.2, 0.25) is 0 Å². The van der Waals surface area contributed by atoms with Crippen LogP contribution in [0.1, 0.15) is 24.6 Å². The van der Waals surface area contributed by atoms with E-state index in [2.05, 4.69) is 15.6 Å². The van der Waals surface area contributed by atoms with Crippen LogP contribution in [0.3, 0.4) is 0 Å². The highest BCUT2D eigenvalue weighted by Crippen LogP contribution is 2.17. The lowest BCUT2D eigenvalue weighted by molar-refractivity contribution is -0.126. The van der Waals surface area contributed by atoms with Crippen molar-refractivity contribution >= 4 is 5.91 Å². The van der Waals surface area contributed by atoms with Crippen LogP contribution in [-0.4, -0.2) is 37.2 Å². The Balaban J connectivity index is 1.94. The molecule has 0 aromatic carbocycles. The average molecular weight is 253 g/mol. The number of amides is 1. The number of nitrogens with zero attached hydrogens (tertiary/aromatic N) is 1. The Kier molecular flexibility index (Phi) is 3.98. The molecule has 1 fully saturated rings. The molecule has 18 heavy (non-hydrogen) atoms. The van der Waals surface area contributed by atoms with Gasteiger partial charge in [-0.25, -0.2) is 4.98 Å². The Morgan fingerprint density at radius 2 is 2.33 bits per heavy atom. The van der Waals surface area contributed by atoms with Gasteiger partial charge in [-0.1, -0.05) is 0 Å². The fourth-order valence-electron chi connectivity index (χ4n) is 2.05. The predicted octanol–water partition coefficient (Wildman–Crippen LogP) is 0.395. The topological polar surface area (TPSA) is 76.4 Å². The summed E-state index contributed by atoms with van der Waals surface area (Å²) < 4.78 is 10.7. The maximum atomic E-state index is 12.1. The van der Waals surface area contributed by atoms with Gasteiger partial charge in [0.25, 0.3) is 0 Å². The molecule has 1 aliphatic heterocycles. The van der Waals surface area contributed by atoms with Gasteiger partial charge in [0.15, 0.2) is 0 Å². The second-order valence-electron chi connectivity index (χ2n) is 4.58. The molecule has 2 heterocycles. The number of likely N-dealkylation sites (N-methyl/N-ethyl adjacent to an activating group) is 1. The SMILES string of the molecule is CNC1COCC1C(=O)NC(C)c1ncc(C)o1. The van der Waals surface area contributed by atoms with E-state index in [4.69, 9.17) is 9.15 Å². The van der Waals surface area contributed by atoms with Crippen LogP contribution in [0.4, 0.5) is 0 Å². The molecule has 1 saturated heterocycles. The Hall–Kier alpha value is -1.40. The van der Waals surface area contributed by atoms with Gasteiger partial charge >= 0.3 is 0 Å².